The van der Waals surface area contributed by atoms with Gasteiger partial charge in [0.25, 0.3) is 5.91 Å². The van der Waals surface area contributed by atoms with Gasteiger partial charge in [-0.3, -0.25) is 9.59 Å². The van der Waals surface area contributed by atoms with E-state index in [0.717, 1.165) is 22.3 Å². The largest absolute Gasteiger partial charge is 0.444 e. The highest BCUT2D eigenvalue weighted by Crippen LogP contribution is 2.23. The maximum atomic E-state index is 14.7. The Labute approximate surface area is 312 Å². The van der Waals surface area contributed by atoms with Crippen LogP contribution in [0.1, 0.15) is 43.0 Å². The van der Waals surface area contributed by atoms with Crippen molar-refractivity contribution < 1.29 is 38.1 Å². The minimum Gasteiger partial charge on any atom is -0.444 e. The highest BCUT2D eigenvalue weighted by Gasteiger charge is 2.43. The summed E-state index contributed by atoms with van der Waals surface area (Å²) < 4.78 is 31.0. The Kier molecular flexibility index (Phi) is 14.7. The van der Waals surface area contributed by atoms with Crippen molar-refractivity contribution in [3.05, 3.63) is 144 Å². The van der Waals surface area contributed by atoms with E-state index in [0.29, 0.717) is 0 Å². The summed E-state index contributed by atoms with van der Waals surface area (Å²) in [6, 6.07) is 38.2. The van der Waals surface area contributed by atoms with E-state index < -0.39 is 30.0 Å². The van der Waals surface area contributed by atoms with Crippen molar-refractivity contribution in [3.8, 4) is 0 Å². The lowest BCUT2D eigenvalue weighted by Crippen LogP contribution is -2.58. The van der Waals surface area contributed by atoms with Crippen LogP contribution in [0.4, 0.5) is 4.79 Å². The number of piperazine rings is 1. The predicted molar refractivity (Wildman–Crippen MR) is 201 cm³/mol. The summed E-state index contributed by atoms with van der Waals surface area (Å²) in [5.74, 6) is -0.750. The van der Waals surface area contributed by atoms with Crippen LogP contribution in [0.2, 0.25) is 0 Å². The fourth-order valence-electron chi connectivity index (χ4n) is 5.84. The van der Waals surface area contributed by atoms with Crippen LogP contribution in [-0.4, -0.2) is 84.3 Å². The van der Waals surface area contributed by atoms with Crippen molar-refractivity contribution in [1.29, 1.82) is 0 Å². The van der Waals surface area contributed by atoms with Crippen LogP contribution in [-0.2, 0) is 59.7 Å². The predicted octanol–water partition coefficient (Wildman–Crippen LogP) is 6.61. The number of hydrogen-bond donors (Lipinski definition) is 0. The van der Waals surface area contributed by atoms with Gasteiger partial charge in [-0.05, 0) is 43.0 Å². The van der Waals surface area contributed by atoms with Crippen LogP contribution in [0.3, 0.4) is 0 Å². The lowest BCUT2D eigenvalue weighted by atomic mass is 10.0. The van der Waals surface area contributed by atoms with E-state index in [-0.39, 0.29) is 70.9 Å². The van der Waals surface area contributed by atoms with Crippen LogP contribution >= 0.6 is 0 Å². The third-order valence-electron chi connectivity index (χ3n) is 8.59. The highest BCUT2D eigenvalue weighted by molar-refractivity contribution is 5.88. The molecule has 10 nitrogen and oxygen atoms in total. The third kappa shape index (κ3) is 12.6. The van der Waals surface area contributed by atoms with Crippen molar-refractivity contribution in [3.63, 3.8) is 0 Å². The van der Waals surface area contributed by atoms with Gasteiger partial charge in [-0.1, -0.05) is 121 Å². The first-order valence-electron chi connectivity index (χ1n) is 18.0. The number of carbonyl (C=O) groups excluding carboxylic acids is 3. The minimum atomic E-state index is -1.24. The third-order valence-corrected chi connectivity index (χ3v) is 8.59. The summed E-state index contributed by atoms with van der Waals surface area (Å²) in [5.41, 5.74) is 2.83. The lowest BCUT2D eigenvalue weighted by Gasteiger charge is -2.39. The molecule has 0 aliphatic carbocycles. The van der Waals surface area contributed by atoms with Gasteiger partial charge < -0.3 is 33.5 Å². The Morgan fingerprint density at radius 1 is 0.547 bits per heavy atom. The lowest BCUT2D eigenvalue weighted by molar-refractivity contribution is -0.182. The second kappa shape index (κ2) is 19.8. The van der Waals surface area contributed by atoms with Gasteiger partial charge in [0, 0.05) is 26.2 Å². The number of Topliss-reactive ketones (excluding diaryl/α,β-unsaturated/α-hetero) is 1. The Morgan fingerprint density at radius 3 is 1.40 bits per heavy atom. The first-order valence-corrected chi connectivity index (χ1v) is 18.0. The molecule has 5 rings (SSSR count). The molecule has 0 saturated carbocycles. The van der Waals surface area contributed by atoms with E-state index in [1.807, 2.05) is 142 Å². The molecule has 2 amide bonds. The number of ether oxygens (including phenoxy) is 5. The van der Waals surface area contributed by atoms with Gasteiger partial charge in [-0.2, -0.15) is 0 Å². The van der Waals surface area contributed by atoms with Gasteiger partial charge in [-0.15, -0.1) is 0 Å². The van der Waals surface area contributed by atoms with Gasteiger partial charge in [-0.25, -0.2) is 4.79 Å². The topological polar surface area (TPSA) is 104 Å². The molecule has 0 unspecified atom stereocenters. The maximum absolute atomic E-state index is 14.7. The van der Waals surface area contributed by atoms with E-state index in [2.05, 4.69) is 0 Å². The van der Waals surface area contributed by atoms with E-state index in [4.69, 9.17) is 23.7 Å². The zero-order valence-corrected chi connectivity index (χ0v) is 30.8. The molecule has 10 heteroatoms. The second-order valence-corrected chi connectivity index (χ2v) is 13.9. The van der Waals surface area contributed by atoms with Crippen LogP contribution in [0.15, 0.2) is 121 Å². The van der Waals surface area contributed by atoms with Crippen molar-refractivity contribution in [2.45, 2.75) is 71.1 Å². The fraction of sp³-hybridized carbons (Fsp3) is 0.372. The minimum absolute atomic E-state index is 0.0877. The monoisotopic (exact) mass is 722 g/mol. The molecule has 1 fully saturated rings. The van der Waals surface area contributed by atoms with Crippen molar-refractivity contribution >= 4 is 17.8 Å². The number of amides is 2. The van der Waals surface area contributed by atoms with Crippen LogP contribution < -0.4 is 0 Å². The van der Waals surface area contributed by atoms with Gasteiger partial charge in [0.2, 0.25) is 0 Å². The molecule has 0 aromatic heterocycles. The van der Waals surface area contributed by atoms with E-state index >= 15 is 0 Å². The standard InChI is InChI=1S/C43H50N2O8/c1-43(2,3)53-42(48)45-26-24-44(25-27-45)41(47)40(52-31-36-22-14-7-15-23-36)39(51-30-35-20-12-6-13-21-35)38(50-29-34-18-10-5-11-19-34)37(46)32-49-28-33-16-8-4-9-17-33/h4-23,38-40H,24-32H2,1-3H3/t38-,39+,40-/m1/s1. The number of rotatable bonds is 17. The number of ketones is 1. The number of nitrogens with zero attached hydrogens (tertiary/aromatic N) is 2. The molecule has 0 radical (unpaired) electrons. The van der Waals surface area contributed by atoms with Gasteiger partial charge in [0.15, 0.2) is 11.9 Å². The van der Waals surface area contributed by atoms with E-state index in [1.54, 1.807) is 9.80 Å². The molecular weight excluding hydrogens is 672 g/mol. The normalized spacial score (nSPS) is 15.0. The van der Waals surface area contributed by atoms with Crippen molar-refractivity contribution in [1.82, 2.24) is 9.80 Å². The summed E-state index contributed by atoms with van der Waals surface area (Å²) in [4.78, 5) is 45.0. The molecule has 1 aliphatic rings. The molecule has 280 valence electrons. The zero-order valence-electron chi connectivity index (χ0n) is 30.8. The molecule has 1 aliphatic heterocycles. The summed E-state index contributed by atoms with van der Waals surface area (Å²) >= 11 is 0. The summed E-state index contributed by atoms with van der Waals surface area (Å²) in [5, 5.41) is 0. The van der Waals surface area contributed by atoms with Gasteiger partial charge in [0.05, 0.1) is 26.4 Å². The molecule has 4 aromatic rings. The molecule has 0 N–H and O–H groups in total. The van der Waals surface area contributed by atoms with E-state index in [9.17, 15) is 14.4 Å². The molecular formula is C43H50N2O8. The van der Waals surface area contributed by atoms with Crippen molar-refractivity contribution in [2.24, 2.45) is 0 Å². The maximum Gasteiger partial charge on any atom is 0.410 e. The highest BCUT2D eigenvalue weighted by atomic mass is 16.6. The first kappa shape index (κ1) is 39.3. The molecule has 53 heavy (non-hydrogen) atoms. The summed E-state index contributed by atoms with van der Waals surface area (Å²) in [6.45, 7) is 6.74. The van der Waals surface area contributed by atoms with Crippen molar-refractivity contribution in [2.75, 3.05) is 32.8 Å². The zero-order chi connectivity index (χ0) is 37.5. The second-order valence-electron chi connectivity index (χ2n) is 13.9. The van der Waals surface area contributed by atoms with Crippen LogP contribution in [0.25, 0.3) is 0 Å². The SMILES string of the molecule is CC(C)(C)OC(=O)N1CCN(C(=O)[C@H](OCc2ccccc2)[C@@H](OCc2ccccc2)[C@H](OCc2ccccc2)C(=O)COCc2ccccc2)CC1. The Hall–Kier alpha value is -4.87. The van der Waals surface area contributed by atoms with Gasteiger partial charge in [0.1, 0.15) is 24.4 Å². The molecule has 0 spiro atoms. The summed E-state index contributed by atoms with van der Waals surface area (Å²) in [7, 11) is 0. The number of hydrogen-bond acceptors (Lipinski definition) is 8. The average molecular weight is 723 g/mol. The molecule has 4 aromatic carbocycles. The molecule has 1 heterocycles. The number of carbonyl (C=O) groups is 3. The van der Waals surface area contributed by atoms with Gasteiger partial charge >= 0.3 is 6.09 Å². The van der Waals surface area contributed by atoms with Crippen LogP contribution in [0, 0.1) is 0 Å². The Morgan fingerprint density at radius 2 is 0.943 bits per heavy atom. The fourth-order valence-corrected chi connectivity index (χ4v) is 5.84. The van der Waals surface area contributed by atoms with Crippen LogP contribution in [0.5, 0.6) is 0 Å². The molecule has 3 atom stereocenters. The smallest absolute Gasteiger partial charge is 0.410 e. The average Bonchev–Trinajstić information content (AvgIpc) is 3.17. The Balaban J connectivity index is 1.44. The Bertz CT molecular complexity index is 1690. The number of benzene rings is 4. The first-order chi connectivity index (χ1) is 25.7. The molecule has 1 saturated heterocycles. The van der Waals surface area contributed by atoms with E-state index in [1.165, 1.54) is 0 Å². The molecule has 0 bridgehead atoms. The summed E-state index contributed by atoms with van der Waals surface area (Å²) in [6.07, 6.45) is -4.07. The quantitative estimate of drug-likeness (QED) is 0.120.